The van der Waals surface area contributed by atoms with Crippen LogP contribution in [0.4, 0.5) is 4.79 Å². The first kappa shape index (κ1) is 21.0. The lowest BCUT2D eigenvalue weighted by molar-refractivity contribution is -0.139. The van der Waals surface area contributed by atoms with Gasteiger partial charge in [0, 0.05) is 19.0 Å². The van der Waals surface area contributed by atoms with Crippen molar-refractivity contribution in [2.45, 2.75) is 47.0 Å². The summed E-state index contributed by atoms with van der Waals surface area (Å²) >= 11 is 0. The number of nitrogens with two attached hydrogens (primary N) is 1. The number of likely N-dealkylation sites (tertiary alicyclic amines) is 1. The summed E-state index contributed by atoms with van der Waals surface area (Å²) in [6, 6.07) is 10.7. The number of benzene rings is 1. The summed E-state index contributed by atoms with van der Waals surface area (Å²) in [6.07, 6.45) is 2.09. The number of hydrogen-bond donors (Lipinski definition) is 2. The topological polar surface area (TPSA) is 83.6 Å². The van der Waals surface area contributed by atoms with Crippen LogP contribution in [0.5, 0.6) is 0 Å². The highest BCUT2D eigenvalue weighted by atomic mass is 16.4. The average molecular weight is 348 g/mol. The van der Waals surface area contributed by atoms with Gasteiger partial charge in [-0.2, -0.15) is 0 Å². The molecule has 25 heavy (non-hydrogen) atoms. The van der Waals surface area contributed by atoms with Gasteiger partial charge in [-0.3, -0.25) is 4.79 Å². The Hall–Kier alpha value is -2.04. The van der Waals surface area contributed by atoms with Crippen molar-refractivity contribution in [3.05, 3.63) is 35.9 Å². The molecule has 0 bridgehead atoms. The number of hydrogen-bond acceptors (Lipinski definition) is 2. The summed E-state index contributed by atoms with van der Waals surface area (Å²) < 4.78 is 0. The van der Waals surface area contributed by atoms with Crippen LogP contribution in [0, 0.1) is 17.3 Å². The number of carbonyl (C=O) groups is 2. The van der Waals surface area contributed by atoms with Crippen LogP contribution in [0.2, 0.25) is 0 Å². The normalized spacial score (nSPS) is 16.6. The minimum Gasteiger partial charge on any atom is -0.465 e. The maximum atomic E-state index is 12.5. The molecule has 0 radical (unpaired) electrons. The van der Waals surface area contributed by atoms with Crippen molar-refractivity contribution in [2.24, 2.45) is 23.0 Å². The fourth-order valence-corrected chi connectivity index (χ4v) is 2.95. The van der Waals surface area contributed by atoms with Crippen molar-refractivity contribution in [1.82, 2.24) is 4.90 Å². The van der Waals surface area contributed by atoms with Crippen LogP contribution in [-0.4, -0.2) is 35.1 Å². The van der Waals surface area contributed by atoms with Crippen LogP contribution in [0.15, 0.2) is 30.3 Å². The second-order valence-electron chi connectivity index (χ2n) is 7.88. The first-order valence-corrected chi connectivity index (χ1v) is 8.92. The zero-order valence-corrected chi connectivity index (χ0v) is 15.9. The van der Waals surface area contributed by atoms with Gasteiger partial charge in [0.25, 0.3) is 0 Å². The molecule has 1 aliphatic rings. The summed E-state index contributed by atoms with van der Waals surface area (Å²) in [5, 5.41) is 7.19. The van der Waals surface area contributed by atoms with Gasteiger partial charge in [-0.15, -0.1) is 0 Å². The Kier molecular flexibility index (Phi) is 7.94. The van der Waals surface area contributed by atoms with Crippen molar-refractivity contribution in [3.63, 3.8) is 0 Å². The SMILES string of the molecule is CC(C(=O)N1CCC(Cc2ccccc2)CC1)C(C)(C)C.NC(=O)O. The molecule has 1 fully saturated rings. The molecule has 140 valence electrons. The van der Waals surface area contributed by atoms with E-state index >= 15 is 0 Å². The van der Waals surface area contributed by atoms with Gasteiger partial charge in [-0.25, -0.2) is 4.79 Å². The van der Waals surface area contributed by atoms with E-state index in [1.165, 1.54) is 5.56 Å². The maximum Gasteiger partial charge on any atom is 0.402 e. The summed E-state index contributed by atoms with van der Waals surface area (Å²) in [5.41, 5.74) is 5.50. The van der Waals surface area contributed by atoms with Crippen LogP contribution in [0.1, 0.15) is 46.1 Å². The van der Waals surface area contributed by atoms with E-state index in [9.17, 15) is 4.79 Å². The molecule has 2 rings (SSSR count). The molecule has 0 aliphatic carbocycles. The van der Waals surface area contributed by atoms with Crippen LogP contribution < -0.4 is 5.73 Å². The van der Waals surface area contributed by atoms with Gasteiger partial charge in [0.1, 0.15) is 0 Å². The van der Waals surface area contributed by atoms with Crippen molar-refractivity contribution in [2.75, 3.05) is 13.1 Å². The zero-order valence-electron chi connectivity index (χ0n) is 15.9. The molecule has 0 spiro atoms. The lowest BCUT2D eigenvalue weighted by atomic mass is 9.80. The summed E-state index contributed by atoms with van der Waals surface area (Å²) in [5.74, 6) is 1.16. The van der Waals surface area contributed by atoms with E-state index in [-0.39, 0.29) is 11.3 Å². The predicted octanol–water partition coefficient (Wildman–Crippen LogP) is 3.77. The molecule has 1 aromatic rings. The van der Waals surface area contributed by atoms with Crippen molar-refractivity contribution < 1.29 is 14.7 Å². The molecule has 0 saturated carbocycles. The molecule has 1 aromatic carbocycles. The van der Waals surface area contributed by atoms with E-state index < -0.39 is 6.09 Å². The Balaban J connectivity index is 0.000000705. The van der Waals surface area contributed by atoms with E-state index in [1.54, 1.807) is 0 Å². The highest BCUT2D eigenvalue weighted by Crippen LogP contribution is 2.29. The zero-order chi connectivity index (χ0) is 19.0. The predicted molar refractivity (Wildman–Crippen MR) is 100 cm³/mol. The molecule has 1 atom stereocenters. The molecular formula is C20H32N2O3. The van der Waals surface area contributed by atoms with Gasteiger partial charge in [-0.05, 0) is 36.2 Å². The monoisotopic (exact) mass is 348 g/mol. The quantitative estimate of drug-likeness (QED) is 0.872. The molecule has 1 saturated heterocycles. The molecule has 1 aliphatic heterocycles. The van der Waals surface area contributed by atoms with Crippen molar-refractivity contribution in [1.29, 1.82) is 0 Å². The lowest BCUT2D eigenvalue weighted by Crippen LogP contribution is -2.44. The van der Waals surface area contributed by atoms with Gasteiger partial charge in [0.15, 0.2) is 0 Å². The highest BCUT2D eigenvalue weighted by molar-refractivity contribution is 5.79. The fraction of sp³-hybridized carbons (Fsp3) is 0.600. The van der Waals surface area contributed by atoms with Gasteiger partial charge in [0.2, 0.25) is 5.91 Å². The van der Waals surface area contributed by atoms with Gasteiger partial charge < -0.3 is 15.7 Å². The first-order valence-electron chi connectivity index (χ1n) is 8.92. The second-order valence-corrected chi connectivity index (χ2v) is 7.88. The number of carbonyl (C=O) groups excluding carboxylic acids is 1. The summed E-state index contributed by atoms with van der Waals surface area (Å²) in [7, 11) is 0. The molecule has 5 heteroatoms. The molecular weight excluding hydrogens is 316 g/mol. The number of primary amides is 1. The summed E-state index contributed by atoms with van der Waals surface area (Å²) in [6.45, 7) is 10.4. The van der Waals surface area contributed by atoms with E-state index in [2.05, 4.69) is 68.7 Å². The number of carboxylic acid groups (broad SMARTS) is 1. The number of nitrogens with zero attached hydrogens (tertiary/aromatic N) is 1. The number of piperidine rings is 1. The minimum absolute atomic E-state index is 0.0535. The van der Waals surface area contributed by atoms with E-state index in [1.807, 2.05) is 0 Å². The van der Waals surface area contributed by atoms with Crippen molar-refractivity contribution >= 4 is 12.0 Å². The van der Waals surface area contributed by atoms with Crippen LogP contribution in [0.3, 0.4) is 0 Å². The Morgan fingerprint density at radius 3 is 2.12 bits per heavy atom. The molecule has 1 heterocycles. The Morgan fingerprint density at radius 2 is 1.68 bits per heavy atom. The first-order chi connectivity index (χ1) is 11.6. The van der Waals surface area contributed by atoms with Crippen LogP contribution in [-0.2, 0) is 11.2 Å². The van der Waals surface area contributed by atoms with Crippen LogP contribution in [0.25, 0.3) is 0 Å². The molecule has 1 unspecified atom stereocenters. The van der Waals surface area contributed by atoms with Gasteiger partial charge in [-0.1, -0.05) is 58.0 Å². The minimum atomic E-state index is -1.33. The third-order valence-electron chi connectivity index (χ3n) is 4.96. The van der Waals surface area contributed by atoms with Gasteiger partial charge >= 0.3 is 6.09 Å². The number of amides is 2. The molecule has 0 aromatic heterocycles. The molecule has 2 amide bonds. The van der Waals surface area contributed by atoms with Crippen LogP contribution >= 0.6 is 0 Å². The summed E-state index contributed by atoms with van der Waals surface area (Å²) in [4.78, 5) is 23.4. The Labute approximate surface area is 151 Å². The third kappa shape index (κ3) is 7.59. The van der Waals surface area contributed by atoms with Crippen molar-refractivity contribution in [3.8, 4) is 0 Å². The maximum absolute atomic E-state index is 12.5. The Bertz CT molecular complexity index is 540. The molecule has 5 nitrogen and oxygen atoms in total. The third-order valence-corrected chi connectivity index (χ3v) is 4.96. The van der Waals surface area contributed by atoms with E-state index in [0.717, 1.165) is 38.3 Å². The van der Waals surface area contributed by atoms with E-state index in [0.29, 0.717) is 5.91 Å². The van der Waals surface area contributed by atoms with Gasteiger partial charge in [0.05, 0.1) is 0 Å². The smallest absolute Gasteiger partial charge is 0.402 e. The largest absolute Gasteiger partial charge is 0.465 e. The average Bonchev–Trinajstić information content (AvgIpc) is 2.54. The molecule has 3 N–H and O–H groups in total. The lowest BCUT2D eigenvalue weighted by Gasteiger charge is -2.36. The number of rotatable bonds is 3. The highest BCUT2D eigenvalue weighted by Gasteiger charge is 2.32. The second kappa shape index (κ2) is 9.44. The van der Waals surface area contributed by atoms with E-state index in [4.69, 9.17) is 9.90 Å². The fourth-order valence-electron chi connectivity index (χ4n) is 2.95. The standard InChI is InChI=1S/C19H29NO.CH3NO2/c1-15(19(2,3)4)18(21)20-12-10-17(11-13-20)14-16-8-6-5-7-9-16;2-1(3)4/h5-9,15,17H,10-14H2,1-4H3;2H2,(H,3,4). The Morgan fingerprint density at radius 1 is 1.20 bits per heavy atom.